The van der Waals surface area contributed by atoms with E-state index in [9.17, 15) is 79.1 Å². The third-order valence-corrected chi connectivity index (χ3v) is 19.6. The van der Waals surface area contributed by atoms with E-state index in [-0.39, 0.29) is 104 Å². The standard InChI is InChI=1S/C57H112NO30P3/c1-40(2)57(38-76-23-20-31-84-90(71,72)82-29-16-10-7-12-25-78-54-41(3)48(63)50(65)44(34-59)86-54,39-77-24-21-32-85-91(73,74)83-30-17-11-8-13-26-79-55-42(4)49(64)51(66)45(35-60)87-55)37-75-22-18-19-33-89(69,70)81-28-15-9-6-14-27-80-56-47(58-43(5)62)53(68)52(67)46(36-61)88-56/h40-42,44-56,59-61,63-68H,6-39H2,1-5H3,(H,58,62)(H,69,70)(H,71,72)(H,73,74)/t41-,42-,44?,45?,46?,47-,48?,49?,50-,51-,52-,53?,54+,55+,56+,57?/m0/s1. The SMILES string of the molecule is CC(=O)N[C@H]1C(O)[C@@H](O)C(CO)O[C@H]1OCCCCCCOP(=O)(O)CCCCOCC(COCCCOP(=O)(O)OCCCCCCO[C@@H]1OC(CO)[C@H](O)C(O)[C@@H]1C)(COCCCOP(=O)(O)OCCCCCCO[C@@H]1OC(CO)[C@H](O)C(O)[C@@H]1C)C(C)C. The van der Waals surface area contributed by atoms with Crippen LogP contribution in [0.5, 0.6) is 0 Å². The van der Waals surface area contributed by atoms with Gasteiger partial charge in [0.1, 0.15) is 48.8 Å². The third kappa shape index (κ3) is 32.6. The number of unbranched alkanes of at least 4 members (excludes halogenated alkanes) is 10. The van der Waals surface area contributed by atoms with Crippen molar-refractivity contribution in [1.29, 1.82) is 0 Å². The Balaban J connectivity index is 1.38. The number of aliphatic hydroxyl groups is 9. The molecule has 0 saturated carbocycles. The predicted octanol–water partition coefficient (Wildman–Crippen LogP) is 2.53. The number of phosphoric acid groups is 2. The summed E-state index contributed by atoms with van der Waals surface area (Å²) >= 11 is 0. The Morgan fingerprint density at radius 3 is 1.13 bits per heavy atom. The number of aliphatic hydroxyl groups excluding tert-OH is 9. The summed E-state index contributed by atoms with van der Waals surface area (Å²) in [7, 11) is -12.6. The average molecular weight is 1380 g/mol. The van der Waals surface area contributed by atoms with Gasteiger partial charge in [-0.15, -0.1) is 0 Å². The van der Waals surface area contributed by atoms with Crippen LogP contribution in [-0.4, -0.2) is 265 Å². The molecule has 540 valence electrons. The lowest BCUT2D eigenvalue weighted by Gasteiger charge is -2.42. The maximum Gasteiger partial charge on any atom is 0.472 e. The highest BCUT2D eigenvalue weighted by Gasteiger charge is 2.46. The summed E-state index contributed by atoms with van der Waals surface area (Å²) in [6, 6.07) is -1.04. The lowest BCUT2D eigenvalue weighted by atomic mass is 9.79. The molecule has 3 aliphatic heterocycles. The highest BCUT2D eigenvalue weighted by molar-refractivity contribution is 7.52. The van der Waals surface area contributed by atoms with Crippen LogP contribution in [0, 0.1) is 23.2 Å². The van der Waals surface area contributed by atoms with Crippen LogP contribution in [0.2, 0.25) is 0 Å². The molecule has 3 rings (SSSR count). The molecule has 3 aliphatic rings. The molecule has 0 radical (unpaired) electrons. The molecule has 9 unspecified atom stereocenters. The molecule has 13 N–H and O–H groups in total. The van der Waals surface area contributed by atoms with Gasteiger partial charge in [0.2, 0.25) is 5.91 Å². The summed E-state index contributed by atoms with van der Waals surface area (Å²) in [4.78, 5) is 42.8. The van der Waals surface area contributed by atoms with Crippen LogP contribution in [0.15, 0.2) is 0 Å². The Kier molecular flexibility index (Phi) is 42.3. The molecule has 3 saturated heterocycles. The Morgan fingerprint density at radius 2 is 0.758 bits per heavy atom. The highest BCUT2D eigenvalue weighted by atomic mass is 31.2. The van der Waals surface area contributed by atoms with Crippen molar-refractivity contribution in [3.63, 3.8) is 0 Å². The van der Waals surface area contributed by atoms with Gasteiger partial charge in [0.05, 0.1) is 91.0 Å². The minimum absolute atomic E-state index is 0.0220. The molecule has 0 spiro atoms. The van der Waals surface area contributed by atoms with Crippen molar-refractivity contribution >= 4 is 29.1 Å². The number of carbonyl (C=O) groups is 1. The lowest BCUT2D eigenvalue weighted by molar-refractivity contribution is -0.282. The van der Waals surface area contributed by atoms with Crippen LogP contribution in [0.1, 0.15) is 137 Å². The van der Waals surface area contributed by atoms with E-state index in [2.05, 4.69) is 5.32 Å². The van der Waals surface area contributed by atoms with E-state index in [0.29, 0.717) is 103 Å². The third-order valence-electron chi connectivity index (χ3n) is 16.1. The number of hydrogen-bond donors (Lipinski definition) is 13. The molecule has 0 aromatic heterocycles. The molecule has 91 heavy (non-hydrogen) atoms. The number of ether oxygens (including phenoxy) is 9. The van der Waals surface area contributed by atoms with Gasteiger partial charge < -0.3 is 113 Å². The van der Waals surface area contributed by atoms with Gasteiger partial charge in [0.15, 0.2) is 18.9 Å². The normalized spacial score (nSPS) is 30.0. The van der Waals surface area contributed by atoms with Gasteiger partial charge in [-0.2, -0.15) is 0 Å². The Hall–Kier alpha value is -0.880. The number of phosphoric ester groups is 2. The van der Waals surface area contributed by atoms with E-state index in [1.54, 1.807) is 13.8 Å². The first-order valence-corrected chi connectivity index (χ1v) is 36.9. The van der Waals surface area contributed by atoms with Crippen molar-refractivity contribution in [3.8, 4) is 0 Å². The van der Waals surface area contributed by atoms with E-state index < -0.39 is 146 Å². The molecule has 0 aromatic rings. The first-order valence-electron chi connectivity index (χ1n) is 32.2. The van der Waals surface area contributed by atoms with E-state index in [1.165, 1.54) is 6.92 Å². The van der Waals surface area contributed by atoms with Crippen LogP contribution in [0.3, 0.4) is 0 Å². The van der Waals surface area contributed by atoms with Gasteiger partial charge in [-0.05, 0) is 70.1 Å². The first kappa shape index (κ1) is 84.3. The zero-order valence-corrected chi connectivity index (χ0v) is 56.5. The lowest BCUT2D eigenvalue weighted by Crippen LogP contribution is -2.64. The number of nitrogens with one attached hydrogen (secondary N) is 1. The van der Waals surface area contributed by atoms with Crippen LogP contribution < -0.4 is 5.32 Å². The topological polar surface area (TPSA) is 452 Å². The van der Waals surface area contributed by atoms with Crippen molar-refractivity contribution in [2.24, 2.45) is 23.2 Å². The Bertz CT molecular complexity index is 1970. The molecular formula is C57H112NO30P3. The fraction of sp³-hybridized carbons (Fsp3) is 0.982. The summed E-state index contributed by atoms with van der Waals surface area (Å²) in [6.07, 6.45) is -4.64. The summed E-state index contributed by atoms with van der Waals surface area (Å²) in [5.74, 6) is -1.54. The number of amides is 1. The van der Waals surface area contributed by atoms with Gasteiger partial charge in [-0.3, -0.25) is 27.5 Å². The quantitative estimate of drug-likeness (QED) is 0.0307. The van der Waals surface area contributed by atoms with Crippen LogP contribution in [0.4, 0.5) is 0 Å². The van der Waals surface area contributed by atoms with Crippen molar-refractivity contribution in [3.05, 3.63) is 0 Å². The van der Waals surface area contributed by atoms with Crippen molar-refractivity contribution in [2.75, 3.05) is 118 Å². The molecule has 0 bridgehead atoms. The molecule has 0 aromatic carbocycles. The van der Waals surface area contributed by atoms with E-state index in [0.717, 1.165) is 0 Å². The van der Waals surface area contributed by atoms with Gasteiger partial charge >= 0.3 is 23.2 Å². The Labute approximate surface area is 536 Å². The second kappa shape index (κ2) is 45.7. The highest BCUT2D eigenvalue weighted by Crippen LogP contribution is 2.45. The van der Waals surface area contributed by atoms with Crippen molar-refractivity contribution in [1.82, 2.24) is 5.32 Å². The summed E-state index contributed by atoms with van der Waals surface area (Å²) in [5, 5.41) is 92.1. The molecule has 1 amide bonds. The number of hydrogen-bond acceptors (Lipinski definition) is 27. The number of rotatable bonds is 53. The van der Waals surface area contributed by atoms with Gasteiger partial charge in [0.25, 0.3) is 0 Å². The minimum Gasteiger partial charge on any atom is -0.394 e. The van der Waals surface area contributed by atoms with Crippen molar-refractivity contribution in [2.45, 2.75) is 217 Å². The Morgan fingerprint density at radius 1 is 0.440 bits per heavy atom. The zero-order chi connectivity index (χ0) is 67.5. The van der Waals surface area contributed by atoms with Crippen LogP contribution >= 0.6 is 23.2 Å². The largest absolute Gasteiger partial charge is 0.472 e. The molecule has 3 fully saturated rings. The zero-order valence-electron chi connectivity index (χ0n) is 53.8. The number of carbonyl (C=O) groups excluding carboxylic acids is 1. The first-order chi connectivity index (χ1) is 43.2. The summed E-state index contributed by atoms with van der Waals surface area (Å²) in [6.45, 7) is 8.55. The molecule has 31 nitrogen and oxygen atoms in total. The van der Waals surface area contributed by atoms with Gasteiger partial charge in [-0.1, -0.05) is 66.2 Å². The van der Waals surface area contributed by atoms with Crippen molar-refractivity contribution < 1.29 is 144 Å². The van der Waals surface area contributed by atoms with E-state index in [4.69, 9.17) is 65.3 Å². The average Bonchev–Trinajstić information content (AvgIpc) is 0.919. The molecule has 3 heterocycles. The molecule has 0 aliphatic carbocycles. The molecular weight excluding hydrogens is 1270 g/mol. The van der Waals surface area contributed by atoms with Gasteiger partial charge in [0, 0.05) is 63.8 Å². The maximum absolute atomic E-state index is 12.9. The molecule has 34 heteroatoms. The summed E-state index contributed by atoms with van der Waals surface area (Å²) < 4.78 is 116. The van der Waals surface area contributed by atoms with Crippen LogP contribution in [-0.2, 0) is 83.7 Å². The molecule has 18 atom stereocenters. The second-order valence-corrected chi connectivity index (χ2v) is 28.9. The fourth-order valence-corrected chi connectivity index (χ4v) is 12.8. The van der Waals surface area contributed by atoms with Gasteiger partial charge in [-0.25, -0.2) is 9.13 Å². The summed E-state index contributed by atoms with van der Waals surface area (Å²) in [5.41, 5.74) is -0.728. The minimum atomic E-state index is -4.36. The smallest absolute Gasteiger partial charge is 0.394 e. The second-order valence-electron chi connectivity index (χ2n) is 24.0. The van der Waals surface area contributed by atoms with E-state index >= 15 is 0 Å². The van der Waals surface area contributed by atoms with E-state index in [1.807, 2.05) is 13.8 Å². The van der Waals surface area contributed by atoms with Crippen LogP contribution in [0.25, 0.3) is 0 Å². The monoisotopic (exact) mass is 1380 g/mol. The fourth-order valence-electron chi connectivity index (χ4n) is 10.1. The maximum atomic E-state index is 12.9. The predicted molar refractivity (Wildman–Crippen MR) is 325 cm³/mol.